The summed E-state index contributed by atoms with van der Waals surface area (Å²) >= 11 is 0. The van der Waals surface area contributed by atoms with Crippen molar-refractivity contribution in [2.45, 2.75) is 0 Å². The molecular weight excluding hydrogens is 224 g/mol. The molecule has 0 radical (unpaired) electrons. The molecule has 0 amide bonds. The number of aromatic amines is 1. The number of para-hydroxylation sites is 3. The number of hydrogen-bond donors (Lipinski definition) is 1. The van der Waals surface area contributed by atoms with Crippen LogP contribution in [0.15, 0.2) is 59.1 Å². The minimum Gasteiger partial charge on any atom is -0.436 e. The molecule has 0 aliphatic carbocycles. The molecule has 2 heterocycles. The van der Waals surface area contributed by atoms with Gasteiger partial charge < -0.3 is 9.40 Å². The highest BCUT2D eigenvalue weighted by Crippen LogP contribution is 2.29. The predicted molar refractivity (Wildman–Crippen MR) is 71.3 cm³/mol. The van der Waals surface area contributed by atoms with Gasteiger partial charge >= 0.3 is 0 Å². The second-order valence-electron chi connectivity index (χ2n) is 4.23. The van der Waals surface area contributed by atoms with Crippen LogP contribution in [0.4, 0.5) is 0 Å². The highest BCUT2D eigenvalue weighted by atomic mass is 16.3. The van der Waals surface area contributed by atoms with E-state index in [2.05, 4.69) is 16.0 Å². The average Bonchev–Trinajstić information content (AvgIpc) is 3.04. The molecule has 4 aromatic rings. The Bertz CT molecular complexity index is 809. The maximum absolute atomic E-state index is 5.80. The van der Waals surface area contributed by atoms with Crippen molar-refractivity contribution in [3.05, 3.63) is 54.7 Å². The summed E-state index contributed by atoms with van der Waals surface area (Å²) in [5.41, 5.74) is 3.75. The van der Waals surface area contributed by atoms with Gasteiger partial charge in [-0.2, -0.15) is 0 Å². The molecule has 4 rings (SSSR count). The minimum absolute atomic E-state index is 0.657. The lowest BCUT2D eigenvalue weighted by molar-refractivity contribution is 0.620. The van der Waals surface area contributed by atoms with Gasteiger partial charge in [-0.1, -0.05) is 24.3 Å². The molecule has 0 aliphatic heterocycles. The van der Waals surface area contributed by atoms with E-state index in [-0.39, 0.29) is 0 Å². The molecule has 18 heavy (non-hydrogen) atoms. The van der Waals surface area contributed by atoms with E-state index in [9.17, 15) is 0 Å². The van der Waals surface area contributed by atoms with Crippen molar-refractivity contribution in [3.8, 4) is 11.5 Å². The summed E-state index contributed by atoms with van der Waals surface area (Å²) in [5.74, 6) is 0.657. The molecule has 0 aliphatic rings. The van der Waals surface area contributed by atoms with Crippen LogP contribution in [0.3, 0.4) is 0 Å². The zero-order valence-corrected chi connectivity index (χ0v) is 9.55. The van der Waals surface area contributed by atoms with Crippen molar-refractivity contribution >= 4 is 22.0 Å². The van der Waals surface area contributed by atoms with Gasteiger partial charge in [0, 0.05) is 11.6 Å². The third-order valence-corrected chi connectivity index (χ3v) is 3.11. The molecule has 0 saturated heterocycles. The van der Waals surface area contributed by atoms with Gasteiger partial charge in [-0.05, 0) is 24.3 Å². The van der Waals surface area contributed by atoms with Gasteiger partial charge in [0.05, 0.1) is 11.1 Å². The van der Waals surface area contributed by atoms with Crippen LogP contribution >= 0.6 is 0 Å². The van der Waals surface area contributed by atoms with Crippen LogP contribution in [0.2, 0.25) is 0 Å². The summed E-state index contributed by atoms with van der Waals surface area (Å²) in [5, 5.41) is 1.16. The fourth-order valence-electron chi connectivity index (χ4n) is 2.25. The third-order valence-electron chi connectivity index (χ3n) is 3.11. The monoisotopic (exact) mass is 234 g/mol. The summed E-state index contributed by atoms with van der Waals surface area (Å²) in [4.78, 5) is 7.76. The number of benzene rings is 2. The van der Waals surface area contributed by atoms with E-state index >= 15 is 0 Å². The van der Waals surface area contributed by atoms with Gasteiger partial charge in [-0.3, -0.25) is 0 Å². The molecule has 0 unspecified atom stereocenters. The second-order valence-corrected chi connectivity index (χ2v) is 4.23. The Kier molecular flexibility index (Phi) is 1.83. The van der Waals surface area contributed by atoms with E-state index in [4.69, 9.17) is 4.42 Å². The molecule has 1 N–H and O–H groups in total. The van der Waals surface area contributed by atoms with E-state index in [1.807, 2.05) is 48.7 Å². The molecule has 0 fully saturated rings. The second kappa shape index (κ2) is 3.47. The first-order valence-electron chi connectivity index (χ1n) is 5.84. The normalized spacial score (nSPS) is 11.3. The van der Waals surface area contributed by atoms with Gasteiger partial charge in [0.15, 0.2) is 5.58 Å². The molecular formula is C15H10N2O. The first-order valence-corrected chi connectivity index (χ1v) is 5.84. The Morgan fingerprint density at radius 1 is 0.944 bits per heavy atom. The molecule has 0 saturated carbocycles. The molecule has 2 aromatic heterocycles. The molecule has 3 nitrogen and oxygen atoms in total. The van der Waals surface area contributed by atoms with Crippen LogP contribution in [-0.2, 0) is 0 Å². The lowest BCUT2D eigenvalue weighted by Gasteiger charge is -1.97. The quantitative estimate of drug-likeness (QED) is 0.541. The lowest BCUT2D eigenvalue weighted by Crippen LogP contribution is -1.79. The summed E-state index contributed by atoms with van der Waals surface area (Å²) in [6, 6.07) is 15.9. The number of fused-ring (bicyclic) bond motifs is 2. The van der Waals surface area contributed by atoms with Crippen LogP contribution in [0.5, 0.6) is 0 Å². The van der Waals surface area contributed by atoms with E-state index in [1.54, 1.807) is 0 Å². The van der Waals surface area contributed by atoms with Crippen molar-refractivity contribution in [3.63, 3.8) is 0 Å². The summed E-state index contributed by atoms with van der Waals surface area (Å²) in [6.07, 6.45) is 1.93. The van der Waals surface area contributed by atoms with E-state index < -0.39 is 0 Å². The number of aromatic nitrogens is 2. The molecule has 2 aromatic carbocycles. The number of hydrogen-bond acceptors (Lipinski definition) is 2. The van der Waals surface area contributed by atoms with Gasteiger partial charge in [0.25, 0.3) is 0 Å². The van der Waals surface area contributed by atoms with Crippen molar-refractivity contribution < 1.29 is 4.42 Å². The fourth-order valence-corrected chi connectivity index (χ4v) is 2.25. The van der Waals surface area contributed by atoms with Gasteiger partial charge in [-0.15, -0.1) is 0 Å². The van der Waals surface area contributed by atoms with Crippen LogP contribution in [-0.4, -0.2) is 9.97 Å². The third kappa shape index (κ3) is 1.27. The highest BCUT2D eigenvalue weighted by Gasteiger charge is 2.11. The SMILES string of the molecule is c1cc(-c2nc3ccccc3o2)c2[nH]ccc2c1. The van der Waals surface area contributed by atoms with Crippen LogP contribution in [0.25, 0.3) is 33.5 Å². The van der Waals surface area contributed by atoms with E-state index in [1.165, 1.54) is 0 Å². The number of oxazole rings is 1. The highest BCUT2D eigenvalue weighted by molar-refractivity contribution is 5.93. The van der Waals surface area contributed by atoms with Gasteiger partial charge in [0.2, 0.25) is 5.89 Å². The lowest BCUT2D eigenvalue weighted by atomic mass is 10.1. The average molecular weight is 234 g/mol. The topological polar surface area (TPSA) is 41.8 Å². The molecule has 0 atom stereocenters. The number of nitrogens with zero attached hydrogens (tertiary/aromatic N) is 1. The van der Waals surface area contributed by atoms with E-state index in [0.29, 0.717) is 5.89 Å². The summed E-state index contributed by atoms with van der Waals surface area (Å²) in [7, 11) is 0. The first kappa shape index (κ1) is 9.48. The predicted octanol–water partition coefficient (Wildman–Crippen LogP) is 3.98. The number of H-pyrrole nitrogens is 1. The first-order chi connectivity index (χ1) is 8.92. The molecule has 86 valence electrons. The Hall–Kier alpha value is -2.55. The van der Waals surface area contributed by atoms with Crippen molar-refractivity contribution in [2.75, 3.05) is 0 Å². The fraction of sp³-hybridized carbons (Fsp3) is 0. The van der Waals surface area contributed by atoms with Crippen molar-refractivity contribution in [1.82, 2.24) is 9.97 Å². The summed E-state index contributed by atoms with van der Waals surface area (Å²) < 4.78 is 5.80. The van der Waals surface area contributed by atoms with Crippen molar-refractivity contribution in [2.24, 2.45) is 0 Å². The van der Waals surface area contributed by atoms with E-state index in [0.717, 1.165) is 27.6 Å². The minimum atomic E-state index is 0.657. The summed E-state index contributed by atoms with van der Waals surface area (Å²) in [6.45, 7) is 0. The molecule has 3 heteroatoms. The standard InChI is InChI=1S/C15H10N2O/c1-2-7-13-12(6-1)17-15(18-13)11-5-3-4-10-8-9-16-14(10)11/h1-9,16H. The Morgan fingerprint density at radius 3 is 2.83 bits per heavy atom. The zero-order chi connectivity index (χ0) is 11.9. The Balaban J connectivity index is 2.04. The smallest absolute Gasteiger partial charge is 0.229 e. The largest absolute Gasteiger partial charge is 0.436 e. The number of nitrogens with one attached hydrogen (secondary N) is 1. The van der Waals surface area contributed by atoms with Gasteiger partial charge in [0.1, 0.15) is 5.52 Å². The number of rotatable bonds is 1. The van der Waals surface area contributed by atoms with Crippen molar-refractivity contribution in [1.29, 1.82) is 0 Å². The van der Waals surface area contributed by atoms with Crippen LogP contribution < -0.4 is 0 Å². The maximum Gasteiger partial charge on any atom is 0.229 e. The Morgan fingerprint density at radius 2 is 1.89 bits per heavy atom. The van der Waals surface area contributed by atoms with Crippen LogP contribution in [0, 0.1) is 0 Å². The van der Waals surface area contributed by atoms with Gasteiger partial charge in [-0.25, -0.2) is 4.98 Å². The maximum atomic E-state index is 5.80. The van der Waals surface area contributed by atoms with Crippen LogP contribution in [0.1, 0.15) is 0 Å². The Labute approximate surface area is 103 Å². The zero-order valence-electron chi connectivity index (χ0n) is 9.55. The molecule has 0 spiro atoms. The molecule has 0 bridgehead atoms.